The molecule has 160 valence electrons. The number of hydrogen-bond acceptors (Lipinski definition) is 5. The maximum Gasteiger partial charge on any atom is 0.259 e. The zero-order chi connectivity index (χ0) is 22.1. The number of rotatable bonds is 9. The largest absolute Gasteiger partial charge is 0.493 e. The van der Waals surface area contributed by atoms with E-state index in [2.05, 4.69) is 4.99 Å². The van der Waals surface area contributed by atoms with Gasteiger partial charge in [-0.3, -0.25) is 4.79 Å². The van der Waals surface area contributed by atoms with E-state index >= 15 is 0 Å². The normalized spacial score (nSPS) is 12.2. The molecule has 0 bridgehead atoms. The zero-order valence-corrected chi connectivity index (χ0v) is 18.1. The average Bonchev–Trinajstić information content (AvgIpc) is 2.82. The summed E-state index contributed by atoms with van der Waals surface area (Å²) < 4.78 is 16.6. The zero-order valence-electron chi connectivity index (χ0n) is 18.1. The van der Waals surface area contributed by atoms with E-state index in [0.717, 1.165) is 11.1 Å². The molecule has 3 aromatic rings. The van der Waals surface area contributed by atoms with Crippen LogP contribution in [0.5, 0.6) is 11.5 Å². The highest BCUT2D eigenvalue weighted by Crippen LogP contribution is 2.28. The van der Waals surface area contributed by atoms with Gasteiger partial charge in [-0.2, -0.15) is 0 Å². The highest BCUT2D eigenvalue weighted by Gasteiger charge is 2.18. The standard InChI is InChI=1S/C26H27NO4/c1-19(16-21-14-15-23(29-2)24(17-21)30-3)27-26(25(28)22-12-8-5-9-13-22)31-18-20-10-6-4-7-11-20/h4-15,17,19H,16,18H2,1-3H3. The van der Waals surface area contributed by atoms with E-state index < -0.39 is 0 Å². The van der Waals surface area contributed by atoms with Gasteiger partial charge in [0.2, 0.25) is 5.78 Å². The maximum atomic E-state index is 13.0. The van der Waals surface area contributed by atoms with Crippen molar-refractivity contribution >= 4 is 11.7 Å². The van der Waals surface area contributed by atoms with Crippen LogP contribution in [0.3, 0.4) is 0 Å². The molecule has 0 aromatic heterocycles. The number of Topliss-reactive ketones (excluding diaryl/α,β-unsaturated/α-hetero) is 1. The summed E-state index contributed by atoms with van der Waals surface area (Å²) in [6.07, 6.45) is 0.626. The highest BCUT2D eigenvalue weighted by molar-refractivity contribution is 6.42. The van der Waals surface area contributed by atoms with Crippen LogP contribution >= 0.6 is 0 Å². The van der Waals surface area contributed by atoms with Crippen LogP contribution < -0.4 is 9.47 Å². The summed E-state index contributed by atoms with van der Waals surface area (Å²) >= 11 is 0. The number of aliphatic imine (C=N–C) groups is 1. The van der Waals surface area contributed by atoms with Crippen molar-refractivity contribution in [2.45, 2.75) is 26.0 Å². The lowest BCUT2D eigenvalue weighted by Gasteiger charge is -2.14. The third kappa shape index (κ3) is 6.19. The molecule has 5 heteroatoms. The second-order valence-corrected chi connectivity index (χ2v) is 7.15. The van der Waals surface area contributed by atoms with E-state index in [1.54, 1.807) is 26.4 Å². The van der Waals surface area contributed by atoms with Crippen LogP contribution in [0.15, 0.2) is 83.9 Å². The molecule has 1 atom stereocenters. The van der Waals surface area contributed by atoms with Crippen LogP contribution in [-0.4, -0.2) is 31.9 Å². The van der Waals surface area contributed by atoms with E-state index in [-0.39, 0.29) is 24.3 Å². The van der Waals surface area contributed by atoms with Crippen molar-refractivity contribution in [3.63, 3.8) is 0 Å². The smallest absolute Gasteiger partial charge is 0.259 e. The van der Waals surface area contributed by atoms with Gasteiger partial charge in [-0.1, -0.05) is 66.7 Å². The van der Waals surface area contributed by atoms with Crippen molar-refractivity contribution in [3.8, 4) is 11.5 Å². The van der Waals surface area contributed by atoms with Crippen LogP contribution in [0.25, 0.3) is 0 Å². The molecule has 0 aliphatic carbocycles. The first-order valence-corrected chi connectivity index (χ1v) is 10.2. The quantitative estimate of drug-likeness (QED) is 0.275. The van der Waals surface area contributed by atoms with Crippen LogP contribution in [-0.2, 0) is 17.8 Å². The maximum absolute atomic E-state index is 13.0. The Hall–Kier alpha value is -3.60. The van der Waals surface area contributed by atoms with Crippen molar-refractivity contribution in [1.29, 1.82) is 0 Å². The van der Waals surface area contributed by atoms with Gasteiger partial charge < -0.3 is 14.2 Å². The molecule has 0 amide bonds. The Morgan fingerprint density at radius 2 is 1.48 bits per heavy atom. The van der Waals surface area contributed by atoms with Gasteiger partial charge in [0.05, 0.1) is 20.3 Å². The van der Waals surface area contributed by atoms with Gasteiger partial charge in [-0.15, -0.1) is 0 Å². The van der Waals surface area contributed by atoms with Crippen LogP contribution in [0.1, 0.15) is 28.4 Å². The van der Waals surface area contributed by atoms with Gasteiger partial charge in [-0.05, 0) is 36.6 Å². The average molecular weight is 418 g/mol. The van der Waals surface area contributed by atoms with Gasteiger partial charge in [0, 0.05) is 5.56 Å². The van der Waals surface area contributed by atoms with Gasteiger partial charge in [-0.25, -0.2) is 4.99 Å². The molecule has 0 heterocycles. The summed E-state index contributed by atoms with van der Waals surface area (Å²) in [4.78, 5) is 17.7. The Balaban J connectivity index is 1.80. The highest BCUT2D eigenvalue weighted by atomic mass is 16.5. The molecule has 3 rings (SSSR count). The van der Waals surface area contributed by atoms with Crippen molar-refractivity contribution in [1.82, 2.24) is 0 Å². The summed E-state index contributed by atoms with van der Waals surface area (Å²) in [5.41, 5.74) is 2.56. The first kappa shape index (κ1) is 22.1. The number of hydrogen-bond donors (Lipinski definition) is 0. The second kappa shape index (κ2) is 11.0. The molecule has 0 N–H and O–H groups in total. The molecule has 0 spiro atoms. The van der Waals surface area contributed by atoms with E-state index in [1.807, 2.05) is 73.7 Å². The summed E-state index contributed by atoms with van der Waals surface area (Å²) in [6.45, 7) is 2.24. The number of methoxy groups -OCH3 is 2. The van der Waals surface area contributed by atoms with Gasteiger partial charge in [0.1, 0.15) is 6.61 Å². The molecule has 0 fully saturated rings. The number of ketones is 1. The minimum absolute atomic E-state index is 0.114. The third-order valence-corrected chi connectivity index (χ3v) is 4.77. The lowest BCUT2D eigenvalue weighted by atomic mass is 10.1. The molecule has 31 heavy (non-hydrogen) atoms. The summed E-state index contributed by atoms with van der Waals surface area (Å²) in [5.74, 6) is 1.23. The Morgan fingerprint density at radius 1 is 0.839 bits per heavy atom. The van der Waals surface area contributed by atoms with E-state index in [9.17, 15) is 4.79 Å². The van der Waals surface area contributed by atoms with E-state index in [4.69, 9.17) is 14.2 Å². The minimum Gasteiger partial charge on any atom is -0.493 e. The van der Waals surface area contributed by atoms with E-state index in [0.29, 0.717) is 23.5 Å². The van der Waals surface area contributed by atoms with Crippen molar-refractivity contribution < 1.29 is 19.0 Å². The summed E-state index contributed by atoms with van der Waals surface area (Å²) in [5, 5.41) is 0. The molecule has 0 aliphatic heterocycles. The fraction of sp³-hybridized carbons (Fsp3) is 0.231. The topological polar surface area (TPSA) is 57.1 Å². The monoisotopic (exact) mass is 417 g/mol. The Labute approximate surface area is 183 Å². The molecule has 1 unspecified atom stereocenters. The van der Waals surface area contributed by atoms with Crippen LogP contribution in [0.4, 0.5) is 0 Å². The lowest BCUT2D eigenvalue weighted by Crippen LogP contribution is -2.21. The fourth-order valence-electron chi connectivity index (χ4n) is 3.19. The fourth-order valence-corrected chi connectivity index (χ4v) is 3.19. The van der Waals surface area contributed by atoms with Crippen LogP contribution in [0, 0.1) is 0 Å². The number of carbonyl (C=O) groups is 1. The molecule has 0 saturated carbocycles. The molecular formula is C26H27NO4. The van der Waals surface area contributed by atoms with E-state index in [1.165, 1.54) is 0 Å². The Bertz CT molecular complexity index is 1020. The number of carbonyl (C=O) groups excluding carboxylic acids is 1. The first-order valence-electron chi connectivity index (χ1n) is 10.2. The second-order valence-electron chi connectivity index (χ2n) is 7.15. The van der Waals surface area contributed by atoms with Gasteiger partial charge in [0.15, 0.2) is 11.5 Å². The summed E-state index contributed by atoms with van der Waals surface area (Å²) in [6, 6.07) is 24.4. The Kier molecular flexibility index (Phi) is 7.82. The number of benzene rings is 3. The van der Waals surface area contributed by atoms with Gasteiger partial charge >= 0.3 is 0 Å². The van der Waals surface area contributed by atoms with Crippen molar-refractivity contribution in [3.05, 3.63) is 95.6 Å². The molecule has 5 nitrogen and oxygen atoms in total. The minimum atomic E-state index is -0.226. The summed E-state index contributed by atoms with van der Waals surface area (Å²) in [7, 11) is 3.22. The van der Waals surface area contributed by atoms with Gasteiger partial charge in [0.25, 0.3) is 5.90 Å². The van der Waals surface area contributed by atoms with Crippen LogP contribution in [0.2, 0.25) is 0 Å². The number of ether oxygens (including phenoxy) is 3. The van der Waals surface area contributed by atoms with Crippen molar-refractivity contribution in [2.75, 3.05) is 14.2 Å². The number of nitrogens with zero attached hydrogens (tertiary/aromatic N) is 1. The predicted octanol–water partition coefficient (Wildman–Crippen LogP) is 5.13. The molecular weight excluding hydrogens is 390 g/mol. The third-order valence-electron chi connectivity index (χ3n) is 4.77. The SMILES string of the molecule is COc1ccc(CC(C)N=C(OCc2ccccc2)C(=O)c2ccccc2)cc1OC. The molecule has 0 saturated heterocycles. The lowest BCUT2D eigenvalue weighted by molar-refractivity contribution is 0.102. The Morgan fingerprint density at radius 3 is 2.13 bits per heavy atom. The predicted molar refractivity (Wildman–Crippen MR) is 122 cm³/mol. The molecule has 3 aromatic carbocycles. The molecule has 0 radical (unpaired) electrons. The molecule has 0 aliphatic rings. The van der Waals surface area contributed by atoms with Crippen molar-refractivity contribution in [2.24, 2.45) is 4.99 Å². The first-order chi connectivity index (χ1) is 15.1.